The summed E-state index contributed by atoms with van der Waals surface area (Å²) in [6.45, 7) is 1.77. The number of nitrogens with one attached hydrogen (secondary N) is 3. The normalized spacial score (nSPS) is 16.9. The van der Waals surface area contributed by atoms with Crippen molar-refractivity contribution in [2.45, 2.75) is 25.3 Å². The molecule has 1 aliphatic carbocycles. The summed E-state index contributed by atoms with van der Waals surface area (Å²) in [5.41, 5.74) is 6.54. The molecule has 0 heterocycles. The smallest absolute Gasteiger partial charge is 0.318 e. The number of carbonyl (C=O) groups excluding carboxylic acids is 2. The first-order valence-corrected chi connectivity index (χ1v) is 6.62. The van der Waals surface area contributed by atoms with E-state index in [0.29, 0.717) is 11.4 Å². The molecule has 0 bridgehead atoms. The van der Waals surface area contributed by atoms with Gasteiger partial charge in [-0.2, -0.15) is 0 Å². The van der Waals surface area contributed by atoms with Crippen molar-refractivity contribution in [3.05, 3.63) is 24.3 Å². The fourth-order valence-corrected chi connectivity index (χ4v) is 1.96. The van der Waals surface area contributed by atoms with Crippen LogP contribution in [0.2, 0.25) is 0 Å². The molecule has 108 valence electrons. The molecular formula is C14H20N4O2. The molecule has 6 nitrogen and oxygen atoms in total. The van der Waals surface area contributed by atoms with Crippen molar-refractivity contribution in [3.8, 4) is 0 Å². The Labute approximate surface area is 118 Å². The lowest BCUT2D eigenvalue weighted by Crippen LogP contribution is -2.50. The highest BCUT2D eigenvalue weighted by molar-refractivity contribution is 5.98. The van der Waals surface area contributed by atoms with Crippen LogP contribution in [0.4, 0.5) is 16.2 Å². The minimum atomic E-state index is -0.820. The third-order valence-corrected chi connectivity index (χ3v) is 3.54. The fraction of sp³-hybridized carbons (Fsp3) is 0.429. The highest BCUT2D eigenvalue weighted by Gasteiger charge is 2.44. The van der Waals surface area contributed by atoms with Gasteiger partial charge in [0.2, 0.25) is 5.91 Å². The van der Waals surface area contributed by atoms with Crippen LogP contribution >= 0.6 is 0 Å². The van der Waals surface area contributed by atoms with Gasteiger partial charge in [-0.1, -0.05) is 0 Å². The van der Waals surface area contributed by atoms with E-state index in [-0.39, 0.29) is 17.9 Å². The van der Waals surface area contributed by atoms with Gasteiger partial charge in [-0.15, -0.1) is 0 Å². The van der Waals surface area contributed by atoms with Crippen molar-refractivity contribution in [2.24, 2.45) is 11.7 Å². The third kappa shape index (κ3) is 3.27. The molecule has 6 heteroatoms. The molecule has 2 rings (SSSR count). The molecule has 0 radical (unpaired) electrons. The summed E-state index contributed by atoms with van der Waals surface area (Å²) in [4.78, 5) is 23.3. The van der Waals surface area contributed by atoms with Gasteiger partial charge in [0.05, 0.1) is 5.54 Å². The summed E-state index contributed by atoms with van der Waals surface area (Å²) >= 11 is 0. The molecule has 1 aromatic carbocycles. The monoisotopic (exact) mass is 276 g/mol. The van der Waals surface area contributed by atoms with Crippen molar-refractivity contribution in [1.82, 2.24) is 5.32 Å². The van der Waals surface area contributed by atoms with E-state index in [1.807, 2.05) is 0 Å². The molecule has 1 fully saturated rings. The van der Waals surface area contributed by atoms with Crippen LogP contribution in [0.3, 0.4) is 0 Å². The number of amides is 3. The summed E-state index contributed by atoms with van der Waals surface area (Å²) in [5.74, 6) is 0.101. The summed E-state index contributed by atoms with van der Waals surface area (Å²) in [7, 11) is 1.55. The maximum absolute atomic E-state index is 12.1. The van der Waals surface area contributed by atoms with Crippen molar-refractivity contribution in [3.63, 3.8) is 0 Å². The van der Waals surface area contributed by atoms with Gasteiger partial charge in [0.25, 0.3) is 0 Å². The standard InChI is InChI=1S/C14H20N4O2/c1-14(15,9-3-4-9)12(19)17-10-5-7-11(8-6-10)18-13(20)16-2/h5-9H,3-4,15H2,1-2H3,(H,17,19)(H2,16,18,20). The lowest BCUT2D eigenvalue weighted by molar-refractivity contribution is -0.121. The second-order valence-corrected chi connectivity index (χ2v) is 5.29. The zero-order chi connectivity index (χ0) is 14.8. The van der Waals surface area contributed by atoms with Crippen LogP contribution < -0.4 is 21.7 Å². The summed E-state index contributed by atoms with van der Waals surface area (Å²) in [6, 6.07) is 6.61. The molecule has 0 aliphatic heterocycles. The van der Waals surface area contributed by atoms with E-state index in [0.717, 1.165) is 12.8 Å². The Morgan fingerprint density at radius 1 is 1.15 bits per heavy atom. The minimum absolute atomic E-state index is 0.174. The first kappa shape index (κ1) is 14.3. The van der Waals surface area contributed by atoms with E-state index in [1.54, 1.807) is 38.2 Å². The number of hydrogen-bond acceptors (Lipinski definition) is 3. The quantitative estimate of drug-likeness (QED) is 0.671. The van der Waals surface area contributed by atoms with E-state index in [9.17, 15) is 9.59 Å². The number of urea groups is 1. The Kier molecular flexibility index (Phi) is 3.94. The zero-order valence-electron chi connectivity index (χ0n) is 11.7. The van der Waals surface area contributed by atoms with Crippen LogP contribution in [-0.2, 0) is 4.79 Å². The lowest BCUT2D eigenvalue weighted by Gasteiger charge is -2.23. The molecule has 1 aromatic rings. The topological polar surface area (TPSA) is 96.2 Å². The number of rotatable bonds is 4. The molecule has 0 saturated heterocycles. The highest BCUT2D eigenvalue weighted by Crippen LogP contribution is 2.38. The fourth-order valence-electron chi connectivity index (χ4n) is 1.96. The largest absolute Gasteiger partial charge is 0.341 e. The van der Waals surface area contributed by atoms with Gasteiger partial charge in [0.15, 0.2) is 0 Å². The Morgan fingerprint density at radius 2 is 1.65 bits per heavy atom. The van der Waals surface area contributed by atoms with Crippen LogP contribution in [0.1, 0.15) is 19.8 Å². The van der Waals surface area contributed by atoms with Gasteiger partial charge in [0, 0.05) is 18.4 Å². The Morgan fingerprint density at radius 3 is 2.10 bits per heavy atom. The van der Waals surface area contributed by atoms with Gasteiger partial charge in [-0.05, 0) is 49.9 Å². The summed E-state index contributed by atoms with van der Waals surface area (Å²) in [5, 5.41) is 7.91. The van der Waals surface area contributed by atoms with Crippen molar-refractivity contribution in [1.29, 1.82) is 0 Å². The van der Waals surface area contributed by atoms with Crippen molar-refractivity contribution >= 4 is 23.3 Å². The van der Waals surface area contributed by atoms with Gasteiger partial charge in [-0.3, -0.25) is 4.79 Å². The van der Waals surface area contributed by atoms with Gasteiger partial charge in [0.1, 0.15) is 0 Å². The molecule has 1 saturated carbocycles. The van der Waals surface area contributed by atoms with E-state index < -0.39 is 5.54 Å². The first-order chi connectivity index (χ1) is 9.43. The predicted molar refractivity (Wildman–Crippen MR) is 78.5 cm³/mol. The Hall–Kier alpha value is -2.08. The number of hydrogen-bond donors (Lipinski definition) is 4. The van der Waals surface area contributed by atoms with Gasteiger partial charge < -0.3 is 21.7 Å². The second-order valence-electron chi connectivity index (χ2n) is 5.29. The maximum atomic E-state index is 12.1. The van der Waals surface area contributed by atoms with E-state index in [2.05, 4.69) is 16.0 Å². The van der Waals surface area contributed by atoms with Crippen molar-refractivity contribution in [2.75, 3.05) is 17.7 Å². The van der Waals surface area contributed by atoms with Crippen LogP contribution in [0.5, 0.6) is 0 Å². The van der Waals surface area contributed by atoms with E-state index in [1.165, 1.54) is 0 Å². The molecule has 5 N–H and O–H groups in total. The zero-order valence-corrected chi connectivity index (χ0v) is 11.7. The molecule has 1 aliphatic rings. The molecule has 0 aromatic heterocycles. The Bertz CT molecular complexity index is 506. The van der Waals surface area contributed by atoms with Crippen LogP contribution in [0, 0.1) is 5.92 Å². The van der Waals surface area contributed by atoms with Crippen molar-refractivity contribution < 1.29 is 9.59 Å². The van der Waals surface area contributed by atoms with Gasteiger partial charge >= 0.3 is 6.03 Å². The van der Waals surface area contributed by atoms with Crippen LogP contribution in [-0.4, -0.2) is 24.5 Å². The molecule has 3 amide bonds. The van der Waals surface area contributed by atoms with Crippen LogP contribution in [0.15, 0.2) is 24.3 Å². The molecule has 0 spiro atoms. The molecular weight excluding hydrogens is 256 g/mol. The number of benzene rings is 1. The number of nitrogens with two attached hydrogens (primary N) is 1. The minimum Gasteiger partial charge on any atom is -0.341 e. The van der Waals surface area contributed by atoms with Crippen LogP contribution in [0.25, 0.3) is 0 Å². The SMILES string of the molecule is CNC(=O)Nc1ccc(NC(=O)C(C)(N)C2CC2)cc1. The number of carbonyl (C=O) groups is 2. The highest BCUT2D eigenvalue weighted by atomic mass is 16.2. The van der Waals surface area contributed by atoms with E-state index in [4.69, 9.17) is 5.73 Å². The Balaban J connectivity index is 1.96. The average Bonchev–Trinajstić information content (AvgIpc) is 3.25. The van der Waals surface area contributed by atoms with E-state index >= 15 is 0 Å². The number of anilines is 2. The molecule has 20 heavy (non-hydrogen) atoms. The summed E-state index contributed by atoms with van der Waals surface area (Å²) in [6.07, 6.45) is 2.02. The maximum Gasteiger partial charge on any atom is 0.318 e. The predicted octanol–water partition coefficient (Wildman–Crippen LogP) is 1.50. The summed E-state index contributed by atoms with van der Waals surface area (Å²) < 4.78 is 0. The first-order valence-electron chi connectivity index (χ1n) is 6.62. The molecule has 1 atom stereocenters. The second kappa shape index (κ2) is 5.50. The lowest BCUT2D eigenvalue weighted by atomic mass is 9.96. The van der Waals surface area contributed by atoms with Gasteiger partial charge in [-0.25, -0.2) is 4.79 Å². The average molecular weight is 276 g/mol. The molecule has 1 unspecified atom stereocenters. The third-order valence-electron chi connectivity index (χ3n) is 3.54.